The number of thiazole rings is 2. The zero-order valence-electron chi connectivity index (χ0n) is 15.7. The number of rotatable bonds is 7. The Bertz CT molecular complexity index is 1250. The van der Waals surface area contributed by atoms with Crippen LogP contribution < -0.4 is 14.5 Å². The van der Waals surface area contributed by atoms with Crippen molar-refractivity contribution < 1.29 is 14.9 Å². The summed E-state index contributed by atoms with van der Waals surface area (Å²) < 4.78 is 6.99. The summed E-state index contributed by atoms with van der Waals surface area (Å²) in [5.41, 5.74) is 1.72. The summed E-state index contributed by atoms with van der Waals surface area (Å²) in [6, 6.07) is 16.6. The Labute approximate surface area is 179 Å². The highest BCUT2D eigenvalue weighted by atomic mass is 32.1. The molecule has 0 amide bonds. The molecular weight excluding hydrogens is 424 g/mol. The third kappa shape index (κ3) is 4.32. The molecule has 0 saturated heterocycles. The molecule has 0 aliphatic rings. The fraction of sp³-hybridized carbons (Fsp3) is 0.143. The van der Waals surface area contributed by atoms with Crippen molar-refractivity contribution in [3.05, 3.63) is 84.4 Å². The number of nitrogens with zero attached hydrogens (tertiary/aromatic N) is 1. The molecule has 0 fully saturated rings. The van der Waals surface area contributed by atoms with Gasteiger partial charge < -0.3 is 14.9 Å². The molecule has 0 aliphatic carbocycles. The van der Waals surface area contributed by atoms with Crippen LogP contribution in [0.25, 0.3) is 10.4 Å². The molecule has 0 unspecified atom stereocenters. The first-order valence-corrected chi connectivity index (χ1v) is 10.8. The lowest BCUT2D eigenvalue weighted by atomic mass is 10.1. The molecule has 7 nitrogen and oxygen atoms in total. The van der Waals surface area contributed by atoms with Gasteiger partial charge in [-0.3, -0.25) is 19.1 Å². The average molecular weight is 443 g/mol. The molecule has 0 atom stereocenters. The van der Waals surface area contributed by atoms with E-state index in [1.807, 2.05) is 30.3 Å². The van der Waals surface area contributed by atoms with E-state index in [1.54, 1.807) is 24.3 Å². The maximum atomic E-state index is 12.2. The van der Waals surface area contributed by atoms with Gasteiger partial charge in [0.15, 0.2) is 0 Å². The van der Waals surface area contributed by atoms with Crippen LogP contribution in [0.5, 0.6) is 17.5 Å². The average Bonchev–Trinajstić information content (AvgIpc) is 3.21. The first kappa shape index (κ1) is 20.0. The predicted octanol–water partition coefficient (Wildman–Crippen LogP) is 3.41. The third-order valence-electron chi connectivity index (χ3n) is 4.47. The minimum absolute atomic E-state index is 0.0226. The van der Waals surface area contributed by atoms with Crippen LogP contribution in [-0.4, -0.2) is 26.4 Å². The first-order valence-electron chi connectivity index (χ1n) is 9.12. The second kappa shape index (κ2) is 8.60. The summed E-state index contributed by atoms with van der Waals surface area (Å²) in [7, 11) is 0. The lowest BCUT2D eigenvalue weighted by molar-refractivity contribution is 0.285. The van der Waals surface area contributed by atoms with E-state index in [1.165, 1.54) is 4.57 Å². The molecule has 30 heavy (non-hydrogen) atoms. The van der Waals surface area contributed by atoms with Crippen molar-refractivity contribution in [3.8, 4) is 28.0 Å². The molecule has 4 rings (SSSR count). The standard InChI is InChI=1S/C21H18N2O5S2/c24-18-17(30-20(26)22-18)14-6-8-15(9-7-14)28-11-10-23-19(25)16(29-21(23)27)12-13-4-2-1-3-5-13/h1-9,24-25H,10-12H2,(H,22,26). The van der Waals surface area contributed by atoms with Crippen LogP contribution in [0.1, 0.15) is 10.4 Å². The molecular formula is C21H18N2O5S2. The summed E-state index contributed by atoms with van der Waals surface area (Å²) in [5, 5.41) is 20.2. The van der Waals surface area contributed by atoms with Crippen molar-refractivity contribution in [2.75, 3.05) is 6.61 Å². The number of hydrogen-bond acceptors (Lipinski definition) is 7. The Morgan fingerprint density at radius 2 is 1.70 bits per heavy atom. The molecule has 0 aliphatic heterocycles. The second-order valence-corrected chi connectivity index (χ2v) is 8.52. The number of aromatic hydroxyl groups is 2. The van der Waals surface area contributed by atoms with Gasteiger partial charge in [0.25, 0.3) is 0 Å². The molecule has 4 aromatic rings. The number of aromatic amines is 1. The van der Waals surface area contributed by atoms with E-state index in [4.69, 9.17) is 4.74 Å². The van der Waals surface area contributed by atoms with Crippen molar-refractivity contribution in [2.24, 2.45) is 0 Å². The molecule has 2 heterocycles. The van der Waals surface area contributed by atoms with Crippen molar-refractivity contribution >= 4 is 22.7 Å². The van der Waals surface area contributed by atoms with E-state index in [0.717, 1.165) is 28.2 Å². The highest BCUT2D eigenvalue weighted by Crippen LogP contribution is 2.31. The maximum Gasteiger partial charge on any atom is 0.310 e. The van der Waals surface area contributed by atoms with Gasteiger partial charge in [-0.05, 0) is 35.4 Å². The molecule has 0 spiro atoms. The highest BCUT2D eigenvalue weighted by molar-refractivity contribution is 7.13. The molecule has 0 bridgehead atoms. The Morgan fingerprint density at radius 1 is 0.967 bits per heavy atom. The smallest absolute Gasteiger partial charge is 0.310 e. The summed E-state index contributed by atoms with van der Waals surface area (Å²) >= 11 is 1.96. The van der Waals surface area contributed by atoms with E-state index >= 15 is 0 Å². The molecule has 154 valence electrons. The zero-order valence-corrected chi connectivity index (χ0v) is 17.3. The van der Waals surface area contributed by atoms with E-state index in [0.29, 0.717) is 27.5 Å². The van der Waals surface area contributed by atoms with Crippen LogP contribution in [0.15, 0.2) is 64.2 Å². The number of aromatic nitrogens is 2. The molecule has 0 radical (unpaired) electrons. The van der Waals surface area contributed by atoms with Gasteiger partial charge in [0.05, 0.1) is 16.3 Å². The fourth-order valence-electron chi connectivity index (χ4n) is 3.01. The maximum absolute atomic E-state index is 12.2. The monoisotopic (exact) mass is 442 g/mol. The number of hydrogen-bond donors (Lipinski definition) is 3. The summed E-state index contributed by atoms with van der Waals surface area (Å²) in [6.45, 7) is 0.426. The van der Waals surface area contributed by atoms with Crippen LogP contribution in [-0.2, 0) is 13.0 Å². The minimum Gasteiger partial charge on any atom is -0.494 e. The van der Waals surface area contributed by atoms with Gasteiger partial charge in [-0.1, -0.05) is 53.0 Å². The summed E-state index contributed by atoms with van der Waals surface area (Å²) in [6.07, 6.45) is 0.500. The number of H-pyrrole nitrogens is 1. The van der Waals surface area contributed by atoms with Gasteiger partial charge in [0.2, 0.25) is 11.8 Å². The minimum atomic E-state index is -0.324. The van der Waals surface area contributed by atoms with Crippen molar-refractivity contribution in [3.63, 3.8) is 0 Å². The van der Waals surface area contributed by atoms with Crippen molar-refractivity contribution in [1.82, 2.24) is 9.55 Å². The topological polar surface area (TPSA) is 105 Å². The van der Waals surface area contributed by atoms with Gasteiger partial charge in [0.1, 0.15) is 12.4 Å². The lowest BCUT2D eigenvalue weighted by Gasteiger charge is -2.08. The zero-order chi connectivity index (χ0) is 21.1. The Kier molecular flexibility index (Phi) is 5.73. The number of benzene rings is 2. The van der Waals surface area contributed by atoms with Gasteiger partial charge in [-0.15, -0.1) is 0 Å². The highest BCUT2D eigenvalue weighted by Gasteiger charge is 2.14. The normalized spacial score (nSPS) is 10.9. The molecule has 2 aromatic heterocycles. The molecule has 3 N–H and O–H groups in total. The van der Waals surface area contributed by atoms with Crippen LogP contribution in [0.2, 0.25) is 0 Å². The van der Waals surface area contributed by atoms with Crippen LogP contribution in [0.3, 0.4) is 0 Å². The van der Waals surface area contributed by atoms with Crippen molar-refractivity contribution in [1.29, 1.82) is 0 Å². The van der Waals surface area contributed by atoms with Gasteiger partial charge in [0, 0.05) is 6.42 Å². The van der Waals surface area contributed by atoms with E-state index in [9.17, 15) is 19.8 Å². The Morgan fingerprint density at radius 3 is 2.37 bits per heavy atom. The second-order valence-electron chi connectivity index (χ2n) is 6.49. The van der Waals surface area contributed by atoms with E-state index in [2.05, 4.69) is 4.98 Å². The van der Waals surface area contributed by atoms with Gasteiger partial charge in [-0.25, -0.2) is 0 Å². The van der Waals surface area contributed by atoms with Crippen LogP contribution in [0.4, 0.5) is 0 Å². The van der Waals surface area contributed by atoms with Crippen LogP contribution in [0, 0.1) is 0 Å². The van der Waals surface area contributed by atoms with E-state index < -0.39 is 0 Å². The van der Waals surface area contributed by atoms with Gasteiger partial charge in [-0.2, -0.15) is 0 Å². The SMILES string of the molecule is O=c1[nH]c(O)c(-c2ccc(OCCn3c(O)c(Cc4ccccc4)sc3=O)cc2)s1. The van der Waals surface area contributed by atoms with Gasteiger partial charge >= 0.3 is 9.75 Å². The molecule has 2 aromatic carbocycles. The molecule has 9 heteroatoms. The first-order chi connectivity index (χ1) is 14.5. The number of nitrogens with one attached hydrogen (secondary N) is 1. The van der Waals surface area contributed by atoms with Crippen molar-refractivity contribution in [2.45, 2.75) is 13.0 Å². The number of ether oxygens (including phenoxy) is 1. The summed E-state index contributed by atoms with van der Waals surface area (Å²) in [5.74, 6) is 0.399. The van der Waals surface area contributed by atoms with Crippen LogP contribution >= 0.6 is 22.7 Å². The Balaban J connectivity index is 1.39. The lowest BCUT2D eigenvalue weighted by Crippen LogP contribution is -2.17. The van der Waals surface area contributed by atoms with E-state index in [-0.39, 0.29) is 34.7 Å². The fourth-order valence-corrected chi connectivity index (χ4v) is 4.68. The third-order valence-corrected chi connectivity index (χ3v) is 6.36. The summed E-state index contributed by atoms with van der Waals surface area (Å²) in [4.78, 5) is 26.4. The predicted molar refractivity (Wildman–Crippen MR) is 117 cm³/mol. The largest absolute Gasteiger partial charge is 0.494 e. The Hall–Kier alpha value is -3.30. The molecule has 0 saturated carbocycles. The quantitative estimate of drug-likeness (QED) is 0.407.